The van der Waals surface area contributed by atoms with Gasteiger partial charge in [-0.05, 0) is 18.7 Å². The number of hydrogen-bond acceptors (Lipinski definition) is 6. The summed E-state index contributed by atoms with van der Waals surface area (Å²) in [5.41, 5.74) is 2.28. The molecule has 7 nitrogen and oxygen atoms in total. The molecule has 0 bridgehead atoms. The lowest BCUT2D eigenvalue weighted by atomic mass is 10.2. The number of nitrogens with zero attached hydrogens (tertiary/aromatic N) is 4. The smallest absolute Gasteiger partial charge is 0.287 e. The maximum absolute atomic E-state index is 12.0. The third kappa shape index (κ3) is 2.52. The second-order valence-corrected chi connectivity index (χ2v) is 5.62. The van der Waals surface area contributed by atoms with E-state index in [0.717, 1.165) is 11.3 Å². The van der Waals surface area contributed by atoms with Crippen LogP contribution in [0.1, 0.15) is 16.2 Å². The Hall–Kier alpha value is -1.93. The molecular weight excluding hydrogens is 290 g/mol. The first-order valence-corrected chi connectivity index (χ1v) is 7.71. The molecule has 0 saturated heterocycles. The number of imidazole rings is 1. The zero-order chi connectivity index (χ0) is 15.0. The Morgan fingerprint density at radius 2 is 2.33 bits per heavy atom. The van der Waals surface area contributed by atoms with E-state index in [0.29, 0.717) is 23.2 Å². The molecule has 0 spiro atoms. The summed E-state index contributed by atoms with van der Waals surface area (Å²) in [6.45, 7) is 2.32. The highest BCUT2D eigenvalue weighted by Gasteiger charge is 2.26. The predicted molar refractivity (Wildman–Crippen MR) is 78.1 cm³/mol. The fourth-order valence-corrected chi connectivity index (χ4v) is 2.61. The molecule has 2 aromatic heterocycles. The Morgan fingerprint density at radius 1 is 1.52 bits per heavy atom. The summed E-state index contributed by atoms with van der Waals surface area (Å²) in [5, 5.41) is 12.6. The molecule has 2 aromatic rings. The number of hydrogen-bond donors (Lipinski definition) is 2. The third-order valence-electron chi connectivity index (χ3n) is 3.33. The largest absolute Gasteiger partial charge is 0.394 e. The van der Waals surface area contributed by atoms with Crippen LogP contribution in [0.3, 0.4) is 0 Å². The fourth-order valence-electron chi connectivity index (χ4n) is 2.27. The van der Waals surface area contributed by atoms with Gasteiger partial charge in [0.05, 0.1) is 18.3 Å². The molecule has 0 fully saturated rings. The summed E-state index contributed by atoms with van der Waals surface area (Å²) in [4.78, 5) is 25.0. The molecule has 1 aliphatic heterocycles. The van der Waals surface area contributed by atoms with Crippen LogP contribution in [0, 0.1) is 6.92 Å². The minimum atomic E-state index is -0.277. The third-order valence-corrected chi connectivity index (χ3v) is 3.89. The van der Waals surface area contributed by atoms with E-state index in [1.807, 2.05) is 13.2 Å². The van der Waals surface area contributed by atoms with Crippen molar-refractivity contribution in [2.45, 2.75) is 24.7 Å². The molecule has 3 heterocycles. The van der Waals surface area contributed by atoms with Gasteiger partial charge < -0.3 is 15.0 Å². The van der Waals surface area contributed by atoms with Crippen molar-refractivity contribution in [3.05, 3.63) is 23.8 Å². The molecule has 0 aromatic carbocycles. The molecular formula is C13H15N5O2S. The van der Waals surface area contributed by atoms with Crippen LogP contribution >= 0.6 is 11.8 Å². The average molecular weight is 305 g/mol. The van der Waals surface area contributed by atoms with E-state index >= 15 is 0 Å². The molecule has 1 amide bonds. The summed E-state index contributed by atoms with van der Waals surface area (Å²) in [5.74, 6) is 0.0711. The number of fused-ring (bicyclic) bond motifs is 1. The minimum absolute atomic E-state index is 0.0954. The van der Waals surface area contributed by atoms with Gasteiger partial charge in [0.25, 0.3) is 5.91 Å². The zero-order valence-electron chi connectivity index (χ0n) is 11.7. The van der Waals surface area contributed by atoms with E-state index in [1.54, 1.807) is 17.0 Å². The van der Waals surface area contributed by atoms with Crippen LogP contribution in [0.4, 0.5) is 0 Å². The van der Waals surface area contributed by atoms with E-state index in [1.165, 1.54) is 11.8 Å². The number of carbonyl (C=O) groups excluding carboxylic acids is 1. The quantitative estimate of drug-likeness (QED) is 0.633. The Kier molecular flexibility index (Phi) is 3.64. The van der Waals surface area contributed by atoms with Crippen LogP contribution in [0.15, 0.2) is 17.6 Å². The highest BCUT2D eigenvalue weighted by atomic mass is 32.2. The molecule has 1 atom stereocenters. The molecule has 1 aliphatic rings. The number of carbonyl (C=O) groups is 1. The maximum atomic E-state index is 12.0. The number of nitrogens with one attached hydrogen (secondary N) is 1. The second kappa shape index (κ2) is 5.45. The number of aryl methyl sites for hydroxylation is 1. The number of aliphatic hydroxyl groups excluding tert-OH is 1. The van der Waals surface area contributed by atoms with Gasteiger partial charge in [-0.25, -0.2) is 15.0 Å². The first kappa shape index (κ1) is 14.0. The standard InChI is InChI=1S/C13H15N5O2S/c1-7-3-14-13(21-2)17-10(7)9-5-18-4-8(6-19)15-12(20)11(18)16-9/h3,5,8,19H,4,6H2,1-2H3,(H,15,20). The lowest BCUT2D eigenvalue weighted by Crippen LogP contribution is -2.46. The fraction of sp³-hybridized carbons (Fsp3) is 0.385. The lowest BCUT2D eigenvalue weighted by molar-refractivity contribution is 0.0863. The first-order valence-electron chi connectivity index (χ1n) is 6.49. The molecule has 0 aliphatic carbocycles. The van der Waals surface area contributed by atoms with Crippen LogP contribution in [0.25, 0.3) is 11.4 Å². The van der Waals surface area contributed by atoms with Crippen LogP contribution in [-0.4, -0.2) is 49.4 Å². The minimum Gasteiger partial charge on any atom is -0.394 e. The summed E-state index contributed by atoms with van der Waals surface area (Å²) in [6.07, 6.45) is 5.46. The van der Waals surface area contributed by atoms with Crippen LogP contribution in [-0.2, 0) is 6.54 Å². The van der Waals surface area contributed by atoms with Gasteiger partial charge in [0.15, 0.2) is 11.0 Å². The number of thioether (sulfide) groups is 1. The van der Waals surface area contributed by atoms with Crippen molar-refractivity contribution in [1.29, 1.82) is 0 Å². The summed E-state index contributed by atoms with van der Waals surface area (Å²) < 4.78 is 1.76. The first-order chi connectivity index (χ1) is 10.1. The molecule has 2 N–H and O–H groups in total. The van der Waals surface area contributed by atoms with Gasteiger partial charge in [-0.1, -0.05) is 11.8 Å². The number of rotatable bonds is 3. The number of aromatic nitrogens is 4. The summed E-state index contributed by atoms with van der Waals surface area (Å²) in [7, 11) is 0. The van der Waals surface area contributed by atoms with E-state index in [-0.39, 0.29) is 18.6 Å². The molecule has 8 heteroatoms. The Bertz CT molecular complexity index is 700. The van der Waals surface area contributed by atoms with Crippen LogP contribution < -0.4 is 5.32 Å². The van der Waals surface area contributed by atoms with Gasteiger partial charge >= 0.3 is 0 Å². The van der Waals surface area contributed by atoms with Crippen LogP contribution in [0.5, 0.6) is 0 Å². The molecule has 3 rings (SSSR count). The van der Waals surface area contributed by atoms with Gasteiger partial charge in [-0.3, -0.25) is 4.79 Å². The molecule has 21 heavy (non-hydrogen) atoms. The Morgan fingerprint density at radius 3 is 3.05 bits per heavy atom. The molecule has 110 valence electrons. The highest BCUT2D eigenvalue weighted by Crippen LogP contribution is 2.23. The second-order valence-electron chi connectivity index (χ2n) is 4.84. The van der Waals surface area contributed by atoms with Gasteiger partial charge in [0.2, 0.25) is 0 Å². The van der Waals surface area contributed by atoms with Crippen molar-refractivity contribution in [3.63, 3.8) is 0 Å². The van der Waals surface area contributed by atoms with Gasteiger partial charge in [0, 0.05) is 18.9 Å². The topological polar surface area (TPSA) is 92.9 Å². The van der Waals surface area contributed by atoms with Gasteiger partial charge in [-0.15, -0.1) is 0 Å². The molecule has 1 unspecified atom stereocenters. The Labute approximate surface area is 125 Å². The van der Waals surface area contributed by atoms with E-state index < -0.39 is 0 Å². The van der Waals surface area contributed by atoms with Crippen molar-refractivity contribution < 1.29 is 9.90 Å². The average Bonchev–Trinajstić information content (AvgIpc) is 2.92. The highest BCUT2D eigenvalue weighted by molar-refractivity contribution is 7.98. The molecule has 0 saturated carbocycles. The predicted octanol–water partition coefficient (Wildman–Crippen LogP) is 0.475. The van der Waals surface area contributed by atoms with E-state index in [9.17, 15) is 9.90 Å². The Balaban J connectivity index is 2.04. The van der Waals surface area contributed by atoms with Crippen molar-refractivity contribution in [2.24, 2.45) is 0 Å². The van der Waals surface area contributed by atoms with Crippen molar-refractivity contribution in [3.8, 4) is 11.4 Å². The summed E-state index contributed by atoms with van der Waals surface area (Å²) in [6, 6.07) is -0.277. The lowest BCUT2D eigenvalue weighted by Gasteiger charge is -2.22. The SMILES string of the molecule is CSc1ncc(C)c(-c2cn3c(n2)C(=O)NC(CO)C3)n1. The van der Waals surface area contributed by atoms with Gasteiger partial charge in [-0.2, -0.15) is 0 Å². The summed E-state index contributed by atoms with van der Waals surface area (Å²) >= 11 is 1.46. The van der Waals surface area contributed by atoms with Crippen molar-refractivity contribution >= 4 is 17.7 Å². The maximum Gasteiger partial charge on any atom is 0.287 e. The van der Waals surface area contributed by atoms with Crippen molar-refractivity contribution in [2.75, 3.05) is 12.9 Å². The number of amides is 1. The van der Waals surface area contributed by atoms with E-state index in [4.69, 9.17) is 0 Å². The molecule has 0 radical (unpaired) electrons. The normalized spacial score (nSPS) is 17.5. The zero-order valence-corrected chi connectivity index (χ0v) is 12.5. The number of aliphatic hydroxyl groups is 1. The van der Waals surface area contributed by atoms with Crippen LogP contribution in [0.2, 0.25) is 0 Å². The van der Waals surface area contributed by atoms with Gasteiger partial charge in [0.1, 0.15) is 5.69 Å². The van der Waals surface area contributed by atoms with E-state index in [2.05, 4.69) is 20.3 Å². The van der Waals surface area contributed by atoms with Crippen molar-refractivity contribution in [1.82, 2.24) is 24.8 Å². The monoisotopic (exact) mass is 305 g/mol.